The first kappa shape index (κ1) is 14.6. The number of rotatable bonds is 3. The Balaban J connectivity index is 1.74. The zero-order valence-corrected chi connectivity index (χ0v) is 12.8. The molecule has 0 atom stereocenters. The molecule has 3 rings (SSSR count). The van der Waals surface area contributed by atoms with Crippen LogP contribution in [0.2, 0.25) is 0 Å². The second kappa shape index (κ2) is 5.79. The van der Waals surface area contributed by atoms with Crippen LogP contribution in [-0.4, -0.2) is 16.2 Å². The van der Waals surface area contributed by atoms with Crippen molar-refractivity contribution in [2.45, 2.75) is 45.1 Å². The van der Waals surface area contributed by atoms with Crippen LogP contribution >= 0.6 is 0 Å². The second-order valence-electron chi connectivity index (χ2n) is 5.87. The fourth-order valence-corrected chi connectivity index (χ4v) is 2.89. The van der Waals surface area contributed by atoms with E-state index in [1.807, 2.05) is 31.2 Å². The van der Waals surface area contributed by atoms with E-state index in [9.17, 15) is 4.79 Å². The number of aryl methyl sites for hydroxylation is 2. The first-order chi connectivity index (χ1) is 10.6. The smallest absolute Gasteiger partial charge is 0.320 e. The molecule has 22 heavy (non-hydrogen) atoms. The van der Waals surface area contributed by atoms with Crippen LogP contribution in [-0.2, 0) is 5.54 Å². The molecular weight excluding hydrogens is 280 g/mol. The van der Waals surface area contributed by atoms with Gasteiger partial charge in [0.1, 0.15) is 5.54 Å². The van der Waals surface area contributed by atoms with Gasteiger partial charge in [0.25, 0.3) is 0 Å². The van der Waals surface area contributed by atoms with Crippen molar-refractivity contribution in [2.24, 2.45) is 0 Å². The van der Waals surface area contributed by atoms with E-state index in [0.29, 0.717) is 11.7 Å². The number of carbonyl (C=O) groups excluding carboxylic acids is 1. The number of urea groups is 1. The maximum atomic E-state index is 12.3. The van der Waals surface area contributed by atoms with Crippen LogP contribution in [0.3, 0.4) is 0 Å². The first-order valence-electron chi connectivity index (χ1n) is 7.54. The second-order valence-corrected chi connectivity index (χ2v) is 5.87. The van der Waals surface area contributed by atoms with Crippen LogP contribution in [0, 0.1) is 13.8 Å². The van der Waals surface area contributed by atoms with Crippen molar-refractivity contribution in [3.05, 3.63) is 41.5 Å². The number of aromatic nitrogens is 2. The highest BCUT2D eigenvalue weighted by Gasteiger charge is 2.41. The topological polar surface area (TPSA) is 80.0 Å². The number of amides is 2. The standard InChI is InChI=1S/C16H20N4O2/c1-11-5-7-13(8-6-11)18-15(21)19-16(9-3-4-10-16)14-17-12(2)22-20-14/h5-8H,3-4,9-10H2,1-2H3,(H2,18,19,21). The maximum Gasteiger partial charge on any atom is 0.320 e. The van der Waals surface area contributed by atoms with Gasteiger partial charge in [-0.2, -0.15) is 4.98 Å². The van der Waals surface area contributed by atoms with Crippen LogP contribution in [0.1, 0.15) is 43.0 Å². The molecule has 2 aromatic rings. The van der Waals surface area contributed by atoms with Gasteiger partial charge in [-0.1, -0.05) is 35.7 Å². The predicted octanol–water partition coefficient (Wildman–Crippen LogP) is 3.28. The number of benzene rings is 1. The molecule has 116 valence electrons. The third kappa shape index (κ3) is 2.95. The summed E-state index contributed by atoms with van der Waals surface area (Å²) < 4.78 is 5.08. The van der Waals surface area contributed by atoms with E-state index in [0.717, 1.165) is 36.9 Å². The average Bonchev–Trinajstić information content (AvgIpc) is 3.11. The van der Waals surface area contributed by atoms with Gasteiger partial charge in [0, 0.05) is 12.6 Å². The van der Waals surface area contributed by atoms with E-state index < -0.39 is 5.54 Å². The van der Waals surface area contributed by atoms with E-state index >= 15 is 0 Å². The van der Waals surface area contributed by atoms with Gasteiger partial charge in [-0.25, -0.2) is 4.79 Å². The van der Waals surface area contributed by atoms with Gasteiger partial charge in [0.15, 0.2) is 5.82 Å². The van der Waals surface area contributed by atoms with Crippen LogP contribution in [0.4, 0.5) is 10.5 Å². The lowest BCUT2D eigenvalue weighted by atomic mass is 9.97. The monoisotopic (exact) mass is 300 g/mol. The molecular formula is C16H20N4O2. The average molecular weight is 300 g/mol. The Morgan fingerprint density at radius 2 is 1.86 bits per heavy atom. The van der Waals surface area contributed by atoms with Gasteiger partial charge in [-0.15, -0.1) is 0 Å². The Labute approximate surface area is 129 Å². The molecule has 0 unspecified atom stereocenters. The molecule has 1 saturated carbocycles. The normalized spacial score (nSPS) is 16.5. The molecule has 0 radical (unpaired) electrons. The summed E-state index contributed by atoms with van der Waals surface area (Å²) in [5.41, 5.74) is 1.40. The van der Waals surface area contributed by atoms with Crippen molar-refractivity contribution < 1.29 is 9.32 Å². The molecule has 1 heterocycles. The van der Waals surface area contributed by atoms with E-state index in [1.165, 1.54) is 0 Å². The lowest BCUT2D eigenvalue weighted by Crippen LogP contribution is -2.46. The molecule has 1 aromatic heterocycles. The third-order valence-electron chi connectivity index (χ3n) is 4.07. The Morgan fingerprint density at radius 1 is 1.18 bits per heavy atom. The van der Waals surface area contributed by atoms with Crippen LogP contribution in [0.15, 0.2) is 28.8 Å². The molecule has 6 heteroatoms. The number of carbonyl (C=O) groups is 1. The minimum atomic E-state index is -0.521. The largest absolute Gasteiger partial charge is 0.340 e. The SMILES string of the molecule is Cc1ccc(NC(=O)NC2(c3noc(C)n3)CCCC2)cc1. The molecule has 1 aliphatic carbocycles. The highest BCUT2D eigenvalue weighted by molar-refractivity contribution is 5.89. The van der Waals surface area contributed by atoms with E-state index in [1.54, 1.807) is 6.92 Å². The summed E-state index contributed by atoms with van der Waals surface area (Å²) in [7, 11) is 0. The van der Waals surface area contributed by atoms with Crippen LogP contribution in [0.25, 0.3) is 0 Å². The molecule has 0 bridgehead atoms. The Bertz CT molecular complexity index is 657. The molecule has 1 fully saturated rings. The minimum absolute atomic E-state index is 0.242. The summed E-state index contributed by atoms with van der Waals surface area (Å²) in [6.45, 7) is 3.77. The Morgan fingerprint density at radius 3 is 2.45 bits per heavy atom. The summed E-state index contributed by atoms with van der Waals surface area (Å²) in [6.07, 6.45) is 3.73. The third-order valence-corrected chi connectivity index (χ3v) is 4.07. The number of hydrogen-bond donors (Lipinski definition) is 2. The van der Waals surface area contributed by atoms with E-state index in [-0.39, 0.29) is 6.03 Å². The number of nitrogens with zero attached hydrogens (tertiary/aromatic N) is 2. The van der Waals surface area contributed by atoms with Gasteiger partial charge in [0.05, 0.1) is 0 Å². The van der Waals surface area contributed by atoms with Crippen LogP contribution < -0.4 is 10.6 Å². The van der Waals surface area contributed by atoms with Crippen molar-refractivity contribution in [2.75, 3.05) is 5.32 Å². The summed E-state index contributed by atoms with van der Waals surface area (Å²) in [5.74, 6) is 1.09. The lowest BCUT2D eigenvalue weighted by molar-refractivity contribution is 0.232. The fourth-order valence-electron chi connectivity index (χ4n) is 2.89. The van der Waals surface area contributed by atoms with Crippen molar-refractivity contribution >= 4 is 11.7 Å². The van der Waals surface area contributed by atoms with Crippen LogP contribution in [0.5, 0.6) is 0 Å². The lowest BCUT2D eigenvalue weighted by Gasteiger charge is -2.26. The summed E-state index contributed by atoms with van der Waals surface area (Å²) in [5, 5.41) is 9.92. The van der Waals surface area contributed by atoms with E-state index in [2.05, 4.69) is 20.8 Å². The number of hydrogen-bond acceptors (Lipinski definition) is 4. The molecule has 0 saturated heterocycles. The van der Waals surface area contributed by atoms with Gasteiger partial charge in [-0.3, -0.25) is 0 Å². The van der Waals surface area contributed by atoms with Gasteiger partial charge in [0.2, 0.25) is 5.89 Å². The zero-order chi connectivity index (χ0) is 15.6. The quantitative estimate of drug-likeness (QED) is 0.911. The highest BCUT2D eigenvalue weighted by atomic mass is 16.5. The summed E-state index contributed by atoms with van der Waals surface area (Å²) in [6, 6.07) is 7.45. The van der Waals surface area contributed by atoms with Crippen molar-refractivity contribution in [3.8, 4) is 0 Å². The summed E-state index contributed by atoms with van der Waals surface area (Å²) >= 11 is 0. The first-order valence-corrected chi connectivity index (χ1v) is 7.54. The molecule has 2 N–H and O–H groups in total. The fraction of sp³-hybridized carbons (Fsp3) is 0.438. The number of nitrogens with one attached hydrogen (secondary N) is 2. The molecule has 2 amide bonds. The molecule has 1 aliphatic rings. The Hall–Kier alpha value is -2.37. The van der Waals surface area contributed by atoms with Crippen molar-refractivity contribution in [1.82, 2.24) is 15.5 Å². The van der Waals surface area contributed by atoms with Crippen molar-refractivity contribution in [3.63, 3.8) is 0 Å². The predicted molar refractivity (Wildman–Crippen MR) is 82.5 cm³/mol. The van der Waals surface area contributed by atoms with Gasteiger partial charge in [-0.05, 0) is 31.9 Å². The zero-order valence-electron chi connectivity index (χ0n) is 12.8. The number of anilines is 1. The maximum absolute atomic E-state index is 12.3. The molecule has 6 nitrogen and oxygen atoms in total. The summed E-state index contributed by atoms with van der Waals surface area (Å²) in [4.78, 5) is 16.6. The molecule has 0 aliphatic heterocycles. The highest BCUT2D eigenvalue weighted by Crippen LogP contribution is 2.37. The van der Waals surface area contributed by atoms with Crippen molar-refractivity contribution in [1.29, 1.82) is 0 Å². The van der Waals surface area contributed by atoms with Gasteiger partial charge < -0.3 is 15.2 Å². The minimum Gasteiger partial charge on any atom is -0.340 e. The Kier molecular flexibility index (Phi) is 3.83. The van der Waals surface area contributed by atoms with Gasteiger partial charge >= 0.3 is 6.03 Å². The molecule has 1 aromatic carbocycles. The van der Waals surface area contributed by atoms with E-state index in [4.69, 9.17) is 4.52 Å². The molecule has 0 spiro atoms.